The molecule has 3 heterocycles. The van der Waals surface area contributed by atoms with Crippen LogP contribution in [0.15, 0.2) is 24.5 Å². The number of aryl methyl sites for hydroxylation is 1. The molecule has 142 valence electrons. The van der Waals surface area contributed by atoms with Crippen LogP contribution in [0.2, 0.25) is 0 Å². The Hall–Kier alpha value is -2.57. The van der Waals surface area contributed by atoms with Gasteiger partial charge in [-0.25, -0.2) is 9.78 Å². The van der Waals surface area contributed by atoms with Crippen LogP contribution < -0.4 is 0 Å². The number of carbonyl (C=O) groups excluding carboxylic acids is 1. The van der Waals surface area contributed by atoms with E-state index in [9.17, 15) is 4.79 Å². The zero-order valence-electron chi connectivity index (χ0n) is 15.8. The number of nitrogens with zero attached hydrogens (tertiary/aromatic N) is 3. The molecule has 2 aromatic rings. The van der Waals surface area contributed by atoms with Gasteiger partial charge in [-0.1, -0.05) is 0 Å². The Morgan fingerprint density at radius 2 is 1.96 bits per heavy atom. The van der Waals surface area contributed by atoms with Crippen molar-refractivity contribution < 1.29 is 19.4 Å². The number of likely N-dealkylation sites (tertiary alicyclic amines) is 1. The van der Waals surface area contributed by atoms with Crippen molar-refractivity contribution in [3.8, 4) is 0 Å². The first-order valence-electron chi connectivity index (χ1n) is 8.74. The van der Waals surface area contributed by atoms with Gasteiger partial charge in [0.15, 0.2) is 0 Å². The second kappa shape index (κ2) is 8.21. The summed E-state index contributed by atoms with van der Waals surface area (Å²) in [5.74, 6) is 0.482. The van der Waals surface area contributed by atoms with Gasteiger partial charge in [-0.3, -0.25) is 4.79 Å². The lowest BCUT2D eigenvalue weighted by molar-refractivity contribution is -0.122. The number of rotatable bonds is 1. The molecule has 0 radical (unpaired) electrons. The summed E-state index contributed by atoms with van der Waals surface area (Å²) in [6, 6.07) is 4.34. The van der Waals surface area contributed by atoms with Crippen LogP contribution in [0.25, 0.3) is 5.65 Å². The number of ether oxygens (including phenoxy) is 1. The molecular formula is C19H27N3O4. The lowest BCUT2D eigenvalue weighted by atomic mass is 9.90. The third-order valence-electron chi connectivity index (χ3n) is 4.34. The summed E-state index contributed by atoms with van der Waals surface area (Å²) in [6.45, 7) is 9.01. The average Bonchev–Trinajstić information content (AvgIpc) is 2.95. The number of hydrogen-bond donors (Lipinski definition) is 1. The number of aromatic nitrogens is 2. The summed E-state index contributed by atoms with van der Waals surface area (Å²) >= 11 is 0. The maximum Gasteiger partial charge on any atom is 0.410 e. The average molecular weight is 361 g/mol. The number of imidazole rings is 1. The lowest BCUT2D eigenvalue weighted by Gasteiger charge is -2.33. The molecule has 7 heteroatoms. The zero-order valence-corrected chi connectivity index (χ0v) is 15.8. The first kappa shape index (κ1) is 19.8. The molecule has 26 heavy (non-hydrogen) atoms. The van der Waals surface area contributed by atoms with Crippen molar-refractivity contribution in [3.05, 3.63) is 35.8 Å². The number of pyridine rings is 1. The molecule has 1 fully saturated rings. The predicted molar refractivity (Wildman–Crippen MR) is 98.4 cm³/mol. The number of fused-ring (bicyclic) bond motifs is 1. The van der Waals surface area contributed by atoms with Crippen molar-refractivity contribution in [2.45, 2.75) is 52.1 Å². The Bertz CT molecular complexity index is 756. The van der Waals surface area contributed by atoms with Crippen molar-refractivity contribution in [2.24, 2.45) is 0 Å². The quantitative estimate of drug-likeness (QED) is 0.787. The van der Waals surface area contributed by atoms with Gasteiger partial charge in [-0.2, -0.15) is 0 Å². The van der Waals surface area contributed by atoms with Gasteiger partial charge >= 0.3 is 6.09 Å². The van der Waals surface area contributed by atoms with Gasteiger partial charge in [-0.15, -0.1) is 0 Å². The van der Waals surface area contributed by atoms with Crippen molar-refractivity contribution in [2.75, 3.05) is 13.1 Å². The summed E-state index contributed by atoms with van der Waals surface area (Å²) in [5, 5.41) is 6.89. The fraction of sp³-hybridized carbons (Fsp3) is 0.526. The minimum absolute atomic E-state index is 0.199. The highest BCUT2D eigenvalue weighted by Crippen LogP contribution is 2.29. The highest BCUT2D eigenvalue weighted by molar-refractivity contribution is 5.68. The van der Waals surface area contributed by atoms with E-state index in [4.69, 9.17) is 14.6 Å². The maximum atomic E-state index is 12.1. The molecule has 1 aliphatic rings. The van der Waals surface area contributed by atoms with E-state index in [1.165, 1.54) is 5.56 Å². The topological polar surface area (TPSA) is 84.1 Å². The molecule has 1 N–H and O–H groups in total. The molecule has 0 atom stereocenters. The molecule has 1 amide bonds. The monoisotopic (exact) mass is 361 g/mol. The largest absolute Gasteiger partial charge is 0.483 e. The number of piperidine rings is 1. The standard InChI is InChI=1S/C18H25N3O2.CH2O2/c1-13-12-19-16-11-15(7-10-21(13)16)14-5-8-20(9-6-14)17(22)23-18(2,3)4;2-1-3/h7,10-12,14H,5-6,8-9H2,1-4H3;1H,(H,2,3). The Morgan fingerprint density at radius 1 is 1.35 bits per heavy atom. The van der Waals surface area contributed by atoms with Gasteiger partial charge in [0.1, 0.15) is 11.2 Å². The second-order valence-electron chi connectivity index (χ2n) is 7.43. The van der Waals surface area contributed by atoms with E-state index in [1.807, 2.05) is 31.9 Å². The molecule has 0 unspecified atom stereocenters. The Kier molecular flexibility index (Phi) is 6.23. The highest BCUT2D eigenvalue weighted by atomic mass is 16.6. The fourth-order valence-electron chi connectivity index (χ4n) is 3.10. The van der Waals surface area contributed by atoms with Crippen molar-refractivity contribution in [1.82, 2.24) is 14.3 Å². The van der Waals surface area contributed by atoms with Gasteiger partial charge in [0.2, 0.25) is 0 Å². The van der Waals surface area contributed by atoms with Crippen LogP contribution in [0.3, 0.4) is 0 Å². The predicted octanol–water partition coefficient (Wildman–Crippen LogP) is 3.46. The first-order valence-corrected chi connectivity index (χ1v) is 8.74. The van der Waals surface area contributed by atoms with E-state index in [1.54, 1.807) is 0 Å². The zero-order chi connectivity index (χ0) is 19.3. The van der Waals surface area contributed by atoms with Gasteiger partial charge in [0.05, 0.1) is 0 Å². The number of hydrogen-bond acceptors (Lipinski definition) is 4. The molecule has 0 spiro atoms. The number of amides is 1. The third kappa shape index (κ3) is 4.97. The normalized spacial score (nSPS) is 15.3. The van der Waals surface area contributed by atoms with Crippen molar-refractivity contribution >= 4 is 18.2 Å². The van der Waals surface area contributed by atoms with E-state index < -0.39 is 5.60 Å². The minimum Gasteiger partial charge on any atom is -0.483 e. The minimum atomic E-state index is -0.433. The smallest absolute Gasteiger partial charge is 0.410 e. The molecule has 2 aromatic heterocycles. The summed E-state index contributed by atoms with van der Waals surface area (Å²) in [4.78, 5) is 26.7. The van der Waals surface area contributed by atoms with Crippen LogP contribution in [0.1, 0.15) is 50.8 Å². The van der Waals surface area contributed by atoms with Crippen LogP contribution in [0.4, 0.5) is 4.79 Å². The Morgan fingerprint density at radius 3 is 2.54 bits per heavy atom. The van der Waals surface area contributed by atoms with Crippen molar-refractivity contribution in [1.29, 1.82) is 0 Å². The Balaban J connectivity index is 0.000000758. The van der Waals surface area contributed by atoms with Crippen LogP contribution in [0, 0.1) is 6.92 Å². The van der Waals surface area contributed by atoms with Crippen LogP contribution in [-0.2, 0) is 9.53 Å². The fourth-order valence-corrected chi connectivity index (χ4v) is 3.10. The van der Waals surface area contributed by atoms with Gasteiger partial charge in [0, 0.05) is 31.2 Å². The van der Waals surface area contributed by atoms with E-state index in [0.29, 0.717) is 5.92 Å². The Labute approximate surface area is 153 Å². The van der Waals surface area contributed by atoms with Crippen LogP contribution in [0.5, 0.6) is 0 Å². The molecule has 0 aromatic carbocycles. The van der Waals surface area contributed by atoms with Gasteiger partial charge in [0.25, 0.3) is 6.47 Å². The summed E-state index contributed by atoms with van der Waals surface area (Å²) < 4.78 is 7.55. The molecule has 0 saturated carbocycles. The molecule has 7 nitrogen and oxygen atoms in total. The van der Waals surface area contributed by atoms with Gasteiger partial charge in [-0.05, 0) is 64.2 Å². The van der Waals surface area contributed by atoms with E-state index in [0.717, 1.165) is 37.3 Å². The second-order valence-corrected chi connectivity index (χ2v) is 7.43. The van der Waals surface area contributed by atoms with Crippen LogP contribution >= 0.6 is 0 Å². The first-order chi connectivity index (χ1) is 12.2. The van der Waals surface area contributed by atoms with Crippen molar-refractivity contribution in [3.63, 3.8) is 0 Å². The van der Waals surface area contributed by atoms with Gasteiger partial charge < -0.3 is 19.1 Å². The van der Waals surface area contributed by atoms with Crippen LogP contribution in [-0.4, -0.2) is 50.6 Å². The molecular weight excluding hydrogens is 334 g/mol. The van der Waals surface area contributed by atoms with E-state index in [2.05, 4.69) is 34.6 Å². The summed E-state index contributed by atoms with van der Waals surface area (Å²) in [6.07, 6.45) is 5.72. The third-order valence-corrected chi connectivity index (χ3v) is 4.34. The number of carboxylic acid groups (broad SMARTS) is 1. The maximum absolute atomic E-state index is 12.1. The molecule has 0 bridgehead atoms. The highest BCUT2D eigenvalue weighted by Gasteiger charge is 2.27. The molecule has 0 aliphatic carbocycles. The molecule has 3 rings (SSSR count). The van der Waals surface area contributed by atoms with E-state index in [-0.39, 0.29) is 12.6 Å². The SMILES string of the molecule is Cc1cnc2cc(C3CCN(C(=O)OC(C)(C)C)CC3)ccn12.O=CO. The van der Waals surface area contributed by atoms with E-state index >= 15 is 0 Å². The molecule has 1 aliphatic heterocycles. The number of carbonyl (C=O) groups is 2. The lowest BCUT2D eigenvalue weighted by Crippen LogP contribution is -2.41. The molecule has 1 saturated heterocycles. The summed E-state index contributed by atoms with van der Waals surface area (Å²) in [5.41, 5.74) is 3.02. The summed E-state index contributed by atoms with van der Waals surface area (Å²) in [7, 11) is 0.